The molecule has 2 rings (SSSR count). The number of hydrogen-bond donors (Lipinski definition) is 2. The van der Waals surface area contributed by atoms with Gasteiger partial charge in [0.1, 0.15) is 29.5 Å². The Bertz CT molecular complexity index is 1010. The molecule has 1 unspecified atom stereocenters. The number of halogens is 3. The van der Waals surface area contributed by atoms with Crippen LogP contribution in [0.15, 0.2) is 18.2 Å². The van der Waals surface area contributed by atoms with Crippen molar-refractivity contribution in [1.29, 1.82) is 0 Å². The monoisotopic (exact) mass is 548 g/mol. The Morgan fingerprint density at radius 2 is 1.78 bits per heavy atom. The summed E-state index contributed by atoms with van der Waals surface area (Å²) >= 11 is -1.74. The van der Waals surface area contributed by atoms with Crippen LogP contribution in [0.3, 0.4) is 0 Å². The summed E-state index contributed by atoms with van der Waals surface area (Å²) in [6, 6.07) is 4.80. The minimum Gasteiger partial charge on any atom is -0.598 e. The van der Waals surface area contributed by atoms with Gasteiger partial charge in [0.2, 0.25) is 6.43 Å². The van der Waals surface area contributed by atoms with Gasteiger partial charge < -0.3 is 19.6 Å². The molecule has 0 saturated carbocycles. The van der Waals surface area contributed by atoms with E-state index in [0.717, 1.165) is 11.6 Å². The summed E-state index contributed by atoms with van der Waals surface area (Å²) in [5.74, 6) is 0.165. The number of benzene rings is 1. The highest BCUT2D eigenvalue weighted by Crippen LogP contribution is 2.40. The maximum Gasteiger partial charge on any atom is 0.246 e. The predicted octanol–water partition coefficient (Wildman–Crippen LogP) is 6.09. The molecule has 0 aliphatic heterocycles. The molecule has 0 radical (unpaired) electrons. The second-order valence-electron chi connectivity index (χ2n) is 12.3. The third-order valence-corrected chi connectivity index (χ3v) is 9.46. The van der Waals surface area contributed by atoms with Crippen LogP contribution in [0.4, 0.5) is 13.2 Å². The Balaban J connectivity index is 2.64. The van der Waals surface area contributed by atoms with Crippen molar-refractivity contribution in [3.8, 4) is 0 Å². The number of alkyl halides is 3. The van der Waals surface area contributed by atoms with Crippen molar-refractivity contribution in [2.45, 2.75) is 103 Å². The third-order valence-electron chi connectivity index (χ3n) is 6.18. The van der Waals surface area contributed by atoms with Crippen molar-refractivity contribution in [3.63, 3.8) is 0 Å². The Morgan fingerprint density at radius 1 is 1.17 bits per heavy atom. The van der Waals surface area contributed by atoms with E-state index in [4.69, 9.17) is 10.5 Å². The molecule has 0 fully saturated rings. The van der Waals surface area contributed by atoms with E-state index in [2.05, 4.69) is 29.3 Å². The molecular weight excluding hydrogens is 505 g/mol. The van der Waals surface area contributed by atoms with Gasteiger partial charge in [-0.2, -0.15) is 0 Å². The van der Waals surface area contributed by atoms with Gasteiger partial charge >= 0.3 is 0 Å². The van der Waals surface area contributed by atoms with Gasteiger partial charge in [0.05, 0.1) is 16.4 Å². The van der Waals surface area contributed by atoms with Crippen LogP contribution in [-0.4, -0.2) is 46.1 Å². The van der Waals surface area contributed by atoms with Crippen molar-refractivity contribution in [3.05, 3.63) is 29.6 Å². The van der Waals surface area contributed by atoms with Crippen LogP contribution < -0.4 is 10.5 Å². The summed E-state index contributed by atoms with van der Waals surface area (Å²) in [5, 5.41) is 0. The Hall–Kier alpha value is -1.11. The van der Waals surface area contributed by atoms with Crippen LogP contribution in [0.25, 0.3) is 11.0 Å². The van der Waals surface area contributed by atoms with Gasteiger partial charge in [0, 0.05) is 32.1 Å². The van der Waals surface area contributed by atoms with Crippen LogP contribution in [0.2, 0.25) is 25.7 Å². The summed E-state index contributed by atoms with van der Waals surface area (Å²) in [4.78, 5) is 4.64. The maximum atomic E-state index is 16.0. The van der Waals surface area contributed by atoms with Crippen LogP contribution in [-0.2, 0) is 22.8 Å². The summed E-state index contributed by atoms with van der Waals surface area (Å²) in [6.07, 6.45) is -5.02. The van der Waals surface area contributed by atoms with Crippen molar-refractivity contribution in [2.24, 2.45) is 11.1 Å². The number of fused-ring (bicyclic) bond motifs is 1. The molecule has 0 bridgehead atoms. The molecule has 0 aliphatic carbocycles. The number of ether oxygens (including phenoxy) is 1. The lowest BCUT2D eigenvalue weighted by Crippen LogP contribution is -2.49. The summed E-state index contributed by atoms with van der Waals surface area (Å²) in [6.45, 7) is 16.7. The minimum atomic E-state index is -2.93. The number of hydrogen-bond acceptors (Lipinski definition) is 5. The highest BCUT2D eigenvalue weighted by Gasteiger charge is 2.48. The molecule has 0 saturated heterocycles. The fourth-order valence-corrected chi connectivity index (χ4v) is 5.00. The zero-order chi connectivity index (χ0) is 27.6. The molecule has 4 atom stereocenters. The van der Waals surface area contributed by atoms with E-state index in [1.807, 2.05) is 19.1 Å². The molecule has 36 heavy (non-hydrogen) atoms. The largest absolute Gasteiger partial charge is 0.598 e. The average Bonchev–Trinajstić information content (AvgIpc) is 3.10. The third kappa shape index (κ3) is 7.70. The Kier molecular flexibility index (Phi) is 10.1. The fourth-order valence-electron chi connectivity index (χ4n) is 3.43. The lowest BCUT2D eigenvalue weighted by molar-refractivity contribution is -0.0462. The molecule has 0 aliphatic rings. The van der Waals surface area contributed by atoms with Gasteiger partial charge in [-0.05, 0) is 51.4 Å². The average molecular weight is 549 g/mol. The van der Waals surface area contributed by atoms with E-state index in [1.165, 1.54) is 13.8 Å². The Labute approximate surface area is 217 Å². The molecule has 0 spiro atoms. The molecule has 3 N–H and O–H groups in total. The van der Waals surface area contributed by atoms with Gasteiger partial charge in [0.15, 0.2) is 0 Å². The first-order valence-corrected chi connectivity index (χ1v) is 17.2. The van der Waals surface area contributed by atoms with E-state index in [0.29, 0.717) is 17.6 Å². The molecule has 11 heteroatoms. The normalized spacial score (nSPS) is 17.0. The summed E-state index contributed by atoms with van der Waals surface area (Å²) < 4.78 is 66.6. The van der Waals surface area contributed by atoms with Crippen molar-refractivity contribution in [1.82, 2.24) is 14.3 Å². The van der Waals surface area contributed by atoms with Gasteiger partial charge in [-0.1, -0.05) is 39.6 Å². The molecule has 206 valence electrons. The zero-order valence-electron chi connectivity index (χ0n) is 23.0. The van der Waals surface area contributed by atoms with Crippen molar-refractivity contribution >= 4 is 30.5 Å². The van der Waals surface area contributed by atoms with E-state index >= 15 is 4.39 Å². The SMILES string of the molecule is C[C@@H](N)c1ccc2nc([C@@H](N[S@@+]([O-])C(C)(C)C)C(F)C(C)(C)C(F)F)n(COCC[Si](C)(C)C)c2c1. The highest BCUT2D eigenvalue weighted by molar-refractivity contribution is 7.90. The first-order valence-electron chi connectivity index (χ1n) is 12.3. The molecule has 1 aromatic heterocycles. The van der Waals surface area contributed by atoms with Gasteiger partial charge in [0.25, 0.3) is 0 Å². The lowest BCUT2D eigenvalue weighted by atomic mass is 9.84. The second-order valence-corrected chi connectivity index (χ2v) is 19.9. The number of rotatable bonds is 12. The van der Waals surface area contributed by atoms with Gasteiger partial charge in [-0.15, -0.1) is 4.72 Å². The molecule has 0 amide bonds. The van der Waals surface area contributed by atoms with E-state index in [1.54, 1.807) is 31.4 Å². The minimum absolute atomic E-state index is 0.0564. The quantitative estimate of drug-likeness (QED) is 0.190. The maximum absolute atomic E-state index is 16.0. The van der Waals surface area contributed by atoms with Gasteiger partial charge in [-0.3, -0.25) is 0 Å². The number of nitrogens with two attached hydrogens (primary N) is 1. The molecular formula is C25H43F3N4O2SSi. The fraction of sp³-hybridized carbons (Fsp3) is 0.720. The summed E-state index contributed by atoms with van der Waals surface area (Å²) in [5.41, 5.74) is 6.14. The topological polar surface area (TPSA) is 88.2 Å². The molecule has 1 aromatic carbocycles. The van der Waals surface area contributed by atoms with E-state index in [9.17, 15) is 13.3 Å². The van der Waals surface area contributed by atoms with E-state index < -0.39 is 48.2 Å². The first kappa shape index (κ1) is 31.1. The molecule has 1 heterocycles. The molecule has 6 nitrogen and oxygen atoms in total. The van der Waals surface area contributed by atoms with E-state index in [-0.39, 0.29) is 18.6 Å². The predicted molar refractivity (Wildman–Crippen MR) is 145 cm³/mol. The van der Waals surface area contributed by atoms with Crippen molar-refractivity contribution < 1.29 is 22.5 Å². The van der Waals surface area contributed by atoms with Crippen LogP contribution >= 0.6 is 0 Å². The Morgan fingerprint density at radius 3 is 2.28 bits per heavy atom. The van der Waals surface area contributed by atoms with Crippen LogP contribution in [0.1, 0.15) is 65.0 Å². The number of aromatic nitrogens is 2. The van der Waals surface area contributed by atoms with Gasteiger partial charge in [-0.25, -0.2) is 18.2 Å². The number of nitrogens with zero attached hydrogens (tertiary/aromatic N) is 2. The smallest absolute Gasteiger partial charge is 0.246 e. The highest BCUT2D eigenvalue weighted by atomic mass is 32.2. The summed E-state index contributed by atoms with van der Waals surface area (Å²) in [7, 11) is -1.35. The number of nitrogens with one attached hydrogen (secondary N) is 1. The lowest BCUT2D eigenvalue weighted by Gasteiger charge is -2.35. The first-order chi connectivity index (χ1) is 16.4. The zero-order valence-corrected chi connectivity index (χ0v) is 24.8. The number of imidazole rings is 1. The molecule has 2 aromatic rings. The van der Waals surface area contributed by atoms with Crippen molar-refractivity contribution in [2.75, 3.05) is 6.61 Å². The second kappa shape index (κ2) is 11.7. The standard InChI is InChI=1S/C25H43F3N4O2SSi/c1-16(29)17-10-11-18-19(14-17)32(15-34-12-13-36(7,8)9)22(30-18)20(31-35(33)24(2,3)4)21(26)25(5,6)23(27)28/h10-11,14,16,20-21,23,31H,12-13,15,29H2,1-9H3/t16-,20+,21?,35+/m1/s1. The van der Waals surface area contributed by atoms with Crippen LogP contribution in [0.5, 0.6) is 0 Å². The van der Waals surface area contributed by atoms with Crippen LogP contribution in [0, 0.1) is 5.41 Å².